The maximum Gasteiger partial charge on any atom is 0.0467 e. The molecule has 0 unspecified atom stereocenters. The van der Waals surface area contributed by atoms with E-state index < -0.39 is 0 Å². The number of halogens is 1. The van der Waals surface area contributed by atoms with E-state index in [1.165, 1.54) is 137 Å². The summed E-state index contributed by atoms with van der Waals surface area (Å²) in [4.78, 5) is 3.58. The van der Waals surface area contributed by atoms with E-state index in [0.29, 0.717) is 0 Å². The molecule has 0 spiro atoms. The summed E-state index contributed by atoms with van der Waals surface area (Å²) in [5.41, 5.74) is 3.96. The van der Waals surface area contributed by atoms with Crippen molar-refractivity contribution in [2.75, 3.05) is 0 Å². The second-order valence-electron chi connectivity index (χ2n) is 9.75. The SMILES string of the molecule is CCCCCCCCCCCCCCCCCCc1ccc2c(c1)[nH]c1ccc(Br)cc12. The number of hydrogen-bond donors (Lipinski definition) is 1. The second-order valence-corrected chi connectivity index (χ2v) is 10.7. The quantitative estimate of drug-likeness (QED) is 0.178. The molecule has 3 rings (SSSR count). The number of fused-ring (bicyclic) bond motifs is 3. The molecule has 1 heterocycles. The third-order valence-corrected chi connectivity index (χ3v) is 7.44. The van der Waals surface area contributed by atoms with Crippen molar-refractivity contribution in [3.05, 3.63) is 46.4 Å². The lowest BCUT2D eigenvalue weighted by atomic mass is 10.0. The molecule has 0 atom stereocenters. The molecule has 0 saturated carbocycles. The summed E-state index contributed by atoms with van der Waals surface area (Å²) in [5, 5.41) is 2.64. The van der Waals surface area contributed by atoms with Crippen molar-refractivity contribution >= 4 is 37.7 Å². The third-order valence-electron chi connectivity index (χ3n) is 6.94. The number of benzene rings is 2. The molecular formula is C30H44BrN. The molecule has 0 saturated heterocycles. The Kier molecular flexibility index (Phi) is 11.7. The summed E-state index contributed by atoms with van der Waals surface area (Å²) in [6.07, 6.45) is 24.1. The first kappa shape index (κ1) is 25.3. The molecule has 0 aliphatic carbocycles. The molecule has 3 aromatic rings. The molecule has 2 heteroatoms. The van der Waals surface area contributed by atoms with Gasteiger partial charge in [0.15, 0.2) is 0 Å². The summed E-state index contributed by atoms with van der Waals surface area (Å²) in [6, 6.07) is 13.5. The Labute approximate surface area is 204 Å². The van der Waals surface area contributed by atoms with E-state index in [1.54, 1.807) is 0 Å². The van der Waals surface area contributed by atoms with Crippen molar-refractivity contribution in [2.24, 2.45) is 0 Å². The highest BCUT2D eigenvalue weighted by Gasteiger charge is 2.05. The molecule has 0 radical (unpaired) electrons. The maximum absolute atomic E-state index is 3.59. The van der Waals surface area contributed by atoms with Crippen LogP contribution in [0.25, 0.3) is 21.8 Å². The number of H-pyrrole nitrogens is 1. The van der Waals surface area contributed by atoms with Gasteiger partial charge in [-0.25, -0.2) is 0 Å². The Morgan fingerprint density at radius 3 is 1.72 bits per heavy atom. The molecule has 32 heavy (non-hydrogen) atoms. The minimum atomic E-state index is 1.14. The van der Waals surface area contributed by atoms with Crippen LogP contribution in [0.15, 0.2) is 40.9 Å². The van der Waals surface area contributed by atoms with E-state index in [1.807, 2.05) is 0 Å². The van der Waals surface area contributed by atoms with Crippen LogP contribution in [0.5, 0.6) is 0 Å². The van der Waals surface area contributed by atoms with Gasteiger partial charge in [-0.15, -0.1) is 0 Å². The van der Waals surface area contributed by atoms with Gasteiger partial charge >= 0.3 is 0 Å². The largest absolute Gasteiger partial charge is 0.355 e. The van der Waals surface area contributed by atoms with Crippen molar-refractivity contribution in [2.45, 2.75) is 116 Å². The van der Waals surface area contributed by atoms with Crippen LogP contribution in [0.4, 0.5) is 0 Å². The van der Waals surface area contributed by atoms with Crippen molar-refractivity contribution in [1.82, 2.24) is 4.98 Å². The van der Waals surface area contributed by atoms with Crippen LogP contribution in [0.1, 0.15) is 115 Å². The number of unbranched alkanes of at least 4 members (excludes halogenated alkanes) is 15. The molecule has 0 aliphatic rings. The van der Waals surface area contributed by atoms with Gasteiger partial charge in [0.2, 0.25) is 0 Å². The zero-order valence-corrected chi connectivity index (χ0v) is 21.9. The highest BCUT2D eigenvalue weighted by Crippen LogP contribution is 2.29. The minimum Gasteiger partial charge on any atom is -0.355 e. The number of hydrogen-bond acceptors (Lipinski definition) is 0. The Balaban J connectivity index is 1.19. The Hall–Kier alpha value is -1.28. The fourth-order valence-electron chi connectivity index (χ4n) is 4.96. The lowest BCUT2D eigenvalue weighted by Crippen LogP contribution is -1.87. The zero-order chi connectivity index (χ0) is 22.4. The molecular weight excluding hydrogens is 454 g/mol. The Bertz CT molecular complexity index is 910. The van der Waals surface area contributed by atoms with Crippen molar-refractivity contribution in [3.8, 4) is 0 Å². The predicted octanol–water partition coefficient (Wildman–Crippen LogP) is 10.9. The average Bonchev–Trinajstić information content (AvgIpc) is 3.15. The number of aromatic amines is 1. The van der Waals surface area contributed by atoms with Crippen LogP contribution in [0.3, 0.4) is 0 Å². The summed E-state index contributed by atoms with van der Waals surface area (Å²) < 4.78 is 1.14. The number of nitrogens with one attached hydrogen (secondary N) is 1. The molecule has 176 valence electrons. The Morgan fingerprint density at radius 2 is 1.12 bits per heavy atom. The molecule has 0 bridgehead atoms. The maximum atomic E-state index is 3.59. The van der Waals surface area contributed by atoms with Crippen LogP contribution >= 0.6 is 15.9 Å². The summed E-state index contributed by atoms with van der Waals surface area (Å²) in [6.45, 7) is 2.30. The van der Waals surface area contributed by atoms with Crippen molar-refractivity contribution in [1.29, 1.82) is 0 Å². The van der Waals surface area contributed by atoms with E-state index in [9.17, 15) is 0 Å². The highest BCUT2D eigenvalue weighted by atomic mass is 79.9. The Morgan fingerprint density at radius 1 is 0.562 bits per heavy atom. The van der Waals surface area contributed by atoms with Gasteiger partial charge in [0.05, 0.1) is 0 Å². The molecule has 1 nitrogen and oxygen atoms in total. The molecule has 1 aromatic heterocycles. The second kappa shape index (κ2) is 14.8. The van der Waals surface area contributed by atoms with E-state index in [0.717, 1.165) is 4.47 Å². The van der Waals surface area contributed by atoms with Crippen molar-refractivity contribution < 1.29 is 0 Å². The minimum absolute atomic E-state index is 1.14. The number of aryl methyl sites for hydroxylation is 1. The van der Waals surface area contributed by atoms with Crippen molar-refractivity contribution in [3.63, 3.8) is 0 Å². The van der Waals surface area contributed by atoms with E-state index in [4.69, 9.17) is 0 Å². The smallest absolute Gasteiger partial charge is 0.0467 e. The third kappa shape index (κ3) is 8.58. The van der Waals surface area contributed by atoms with E-state index >= 15 is 0 Å². The van der Waals surface area contributed by atoms with Crippen LogP contribution < -0.4 is 0 Å². The van der Waals surface area contributed by atoms with Gasteiger partial charge in [-0.1, -0.05) is 131 Å². The monoisotopic (exact) mass is 497 g/mol. The normalized spacial score (nSPS) is 11.7. The van der Waals surface area contributed by atoms with Gasteiger partial charge in [-0.05, 0) is 42.7 Å². The number of rotatable bonds is 17. The van der Waals surface area contributed by atoms with Crippen LogP contribution in [-0.4, -0.2) is 4.98 Å². The van der Waals surface area contributed by atoms with Gasteiger partial charge in [-0.3, -0.25) is 0 Å². The van der Waals surface area contributed by atoms with Crippen LogP contribution in [-0.2, 0) is 6.42 Å². The number of aromatic nitrogens is 1. The fraction of sp³-hybridized carbons (Fsp3) is 0.600. The zero-order valence-electron chi connectivity index (χ0n) is 20.4. The summed E-state index contributed by atoms with van der Waals surface area (Å²) in [7, 11) is 0. The van der Waals surface area contributed by atoms with E-state index in [2.05, 4.69) is 64.2 Å². The first-order valence-electron chi connectivity index (χ1n) is 13.5. The molecule has 2 aromatic carbocycles. The first-order chi connectivity index (χ1) is 15.8. The van der Waals surface area contributed by atoms with Gasteiger partial charge in [0, 0.05) is 26.3 Å². The predicted molar refractivity (Wildman–Crippen MR) is 147 cm³/mol. The summed E-state index contributed by atoms with van der Waals surface area (Å²) in [5.74, 6) is 0. The first-order valence-corrected chi connectivity index (χ1v) is 14.3. The standard InChI is InChI=1S/C30H44BrN/c1-2-3-4-5-6-7-8-9-10-11-12-13-14-15-16-17-18-25-19-21-27-28-24-26(31)20-22-29(28)32-30(27)23-25/h19-24,32H,2-18H2,1H3. The molecule has 0 aliphatic heterocycles. The van der Waals surface area contributed by atoms with Gasteiger partial charge in [0.25, 0.3) is 0 Å². The highest BCUT2D eigenvalue weighted by molar-refractivity contribution is 9.10. The molecule has 0 fully saturated rings. The topological polar surface area (TPSA) is 15.8 Å². The fourth-order valence-corrected chi connectivity index (χ4v) is 5.32. The van der Waals surface area contributed by atoms with Gasteiger partial charge in [-0.2, -0.15) is 0 Å². The average molecular weight is 499 g/mol. The van der Waals surface area contributed by atoms with Crippen LogP contribution in [0, 0.1) is 0 Å². The molecule has 1 N–H and O–H groups in total. The van der Waals surface area contributed by atoms with Gasteiger partial charge in [0.1, 0.15) is 0 Å². The van der Waals surface area contributed by atoms with Crippen LogP contribution in [0.2, 0.25) is 0 Å². The van der Waals surface area contributed by atoms with Gasteiger partial charge < -0.3 is 4.98 Å². The summed E-state index contributed by atoms with van der Waals surface area (Å²) >= 11 is 3.59. The lowest BCUT2D eigenvalue weighted by molar-refractivity contribution is 0.529. The molecule has 0 amide bonds. The lowest BCUT2D eigenvalue weighted by Gasteiger charge is -2.04. The van der Waals surface area contributed by atoms with E-state index in [-0.39, 0.29) is 0 Å².